The number of nitrogens with one attached hydrogen (secondary N) is 2. The maximum Gasteiger partial charge on any atom is 0.325 e. The molecule has 3 rings (SSSR count). The van der Waals surface area contributed by atoms with Crippen molar-refractivity contribution >= 4 is 34.7 Å². The topological polar surface area (TPSA) is 128 Å². The van der Waals surface area contributed by atoms with E-state index in [4.69, 9.17) is 9.47 Å². The van der Waals surface area contributed by atoms with Crippen LogP contribution in [-0.4, -0.2) is 57.6 Å². The number of carbonyl (C=O) groups is 2. The molecule has 2 N–H and O–H groups in total. The summed E-state index contributed by atoms with van der Waals surface area (Å²) in [4.78, 5) is 42.5. The van der Waals surface area contributed by atoms with E-state index in [-0.39, 0.29) is 35.5 Å². The first-order valence-corrected chi connectivity index (χ1v) is 9.68. The van der Waals surface area contributed by atoms with E-state index < -0.39 is 5.97 Å². The number of aromatic nitrogens is 4. The average molecular weight is 417 g/mol. The summed E-state index contributed by atoms with van der Waals surface area (Å²) in [5, 5.41) is 7.28. The van der Waals surface area contributed by atoms with Gasteiger partial charge < -0.3 is 19.8 Å². The zero-order valence-corrected chi connectivity index (χ0v) is 16.6. The van der Waals surface area contributed by atoms with Gasteiger partial charge in [-0.25, -0.2) is 9.67 Å². The van der Waals surface area contributed by atoms with Crippen LogP contribution in [-0.2, 0) is 14.3 Å². The number of esters is 1. The fourth-order valence-electron chi connectivity index (χ4n) is 2.45. The molecule has 0 unspecified atom stereocenters. The quantitative estimate of drug-likeness (QED) is 0.314. The summed E-state index contributed by atoms with van der Waals surface area (Å²) in [6, 6.07) is 7.15. The van der Waals surface area contributed by atoms with Crippen LogP contribution < -0.4 is 15.6 Å². The summed E-state index contributed by atoms with van der Waals surface area (Å²) in [6.45, 7) is 1.72. The summed E-state index contributed by atoms with van der Waals surface area (Å²) >= 11 is 1.04. The van der Waals surface area contributed by atoms with Gasteiger partial charge in [-0.05, 0) is 31.2 Å². The molecule has 3 aromatic rings. The van der Waals surface area contributed by atoms with Crippen LogP contribution >= 0.6 is 11.8 Å². The van der Waals surface area contributed by atoms with Crippen molar-refractivity contribution in [2.75, 3.05) is 26.0 Å². The Labute approximate surface area is 169 Å². The molecule has 0 atom stereocenters. The number of hydrogen-bond donors (Lipinski definition) is 2. The third-order valence-electron chi connectivity index (χ3n) is 3.81. The molecule has 2 heterocycles. The van der Waals surface area contributed by atoms with E-state index >= 15 is 0 Å². The molecule has 0 saturated heterocycles. The Bertz CT molecular complexity index is 1080. The fraction of sp³-hybridized carbons (Fsp3) is 0.278. The average Bonchev–Trinajstić information content (AvgIpc) is 3.15. The maximum absolute atomic E-state index is 12.3. The van der Waals surface area contributed by atoms with Crippen molar-refractivity contribution in [2.45, 2.75) is 12.1 Å². The van der Waals surface area contributed by atoms with E-state index in [9.17, 15) is 14.4 Å². The number of hydrogen-bond acceptors (Lipinski definition) is 8. The maximum atomic E-state index is 12.3. The van der Waals surface area contributed by atoms with Crippen molar-refractivity contribution in [2.24, 2.45) is 0 Å². The van der Waals surface area contributed by atoms with Crippen molar-refractivity contribution in [3.05, 3.63) is 40.8 Å². The fourth-order valence-corrected chi connectivity index (χ4v) is 3.13. The third-order valence-corrected chi connectivity index (χ3v) is 4.68. The number of rotatable bonds is 8. The van der Waals surface area contributed by atoms with Crippen LogP contribution in [0.2, 0.25) is 0 Å². The highest BCUT2D eigenvalue weighted by molar-refractivity contribution is 7.99. The second-order valence-corrected chi connectivity index (χ2v) is 6.70. The predicted octanol–water partition coefficient (Wildman–Crippen LogP) is 0.889. The van der Waals surface area contributed by atoms with Crippen molar-refractivity contribution in [3.8, 4) is 11.4 Å². The van der Waals surface area contributed by atoms with E-state index in [1.807, 2.05) is 0 Å². The SMILES string of the molecule is CCOC(=O)CNC(=O)CSc1nc2c(cnn2-c2ccc(OC)cc2)c(=O)[nH]1. The standard InChI is InChI=1S/C18H19N5O5S/c1-3-28-15(25)9-19-14(24)10-29-18-21-16-13(17(26)22-18)8-20-23(16)11-4-6-12(27-2)7-5-11/h4-8H,3,9-10H2,1-2H3,(H,19,24)(H,21,22,26). The lowest BCUT2D eigenvalue weighted by atomic mass is 10.3. The van der Waals surface area contributed by atoms with Crippen molar-refractivity contribution in [1.29, 1.82) is 0 Å². The van der Waals surface area contributed by atoms with E-state index in [0.29, 0.717) is 22.5 Å². The van der Waals surface area contributed by atoms with Gasteiger partial charge in [-0.2, -0.15) is 5.10 Å². The number of aromatic amines is 1. The minimum absolute atomic E-state index is 0.0233. The van der Waals surface area contributed by atoms with Gasteiger partial charge in [-0.1, -0.05) is 11.8 Å². The molecule has 0 radical (unpaired) electrons. The van der Waals surface area contributed by atoms with Crippen LogP contribution in [0.15, 0.2) is 40.4 Å². The van der Waals surface area contributed by atoms with Gasteiger partial charge in [-0.15, -0.1) is 0 Å². The van der Waals surface area contributed by atoms with Crippen LogP contribution in [0.4, 0.5) is 0 Å². The molecule has 0 aliphatic rings. The first-order valence-electron chi connectivity index (χ1n) is 8.69. The number of fused-ring (bicyclic) bond motifs is 1. The zero-order valence-electron chi connectivity index (χ0n) is 15.8. The number of H-pyrrole nitrogens is 1. The summed E-state index contributed by atoms with van der Waals surface area (Å²) in [5.74, 6) is -0.220. The summed E-state index contributed by atoms with van der Waals surface area (Å²) in [6.07, 6.45) is 1.44. The van der Waals surface area contributed by atoms with Gasteiger partial charge in [0.1, 0.15) is 17.7 Å². The second kappa shape index (κ2) is 9.24. The lowest BCUT2D eigenvalue weighted by molar-refractivity contribution is -0.143. The summed E-state index contributed by atoms with van der Waals surface area (Å²) in [5.41, 5.74) is 0.722. The van der Waals surface area contributed by atoms with Gasteiger partial charge in [0.05, 0.1) is 31.4 Å². The smallest absolute Gasteiger partial charge is 0.325 e. The Morgan fingerprint density at radius 3 is 2.72 bits per heavy atom. The molecular formula is C18H19N5O5S. The third kappa shape index (κ3) is 4.93. The number of methoxy groups -OCH3 is 1. The molecule has 1 amide bonds. The Kier molecular flexibility index (Phi) is 6.50. The molecule has 0 aliphatic carbocycles. The Hall–Kier alpha value is -3.34. The Balaban J connectivity index is 1.75. The molecule has 0 aliphatic heterocycles. The molecule has 0 bridgehead atoms. The number of carbonyl (C=O) groups excluding carboxylic acids is 2. The molecule has 11 heteroatoms. The number of thioether (sulfide) groups is 1. The van der Waals surface area contributed by atoms with Crippen LogP contribution in [0.3, 0.4) is 0 Å². The van der Waals surface area contributed by atoms with Crippen LogP contribution in [0.25, 0.3) is 16.7 Å². The number of amides is 1. The Morgan fingerprint density at radius 2 is 2.03 bits per heavy atom. The molecule has 0 spiro atoms. The number of benzene rings is 1. The van der Waals surface area contributed by atoms with E-state index in [2.05, 4.69) is 20.4 Å². The molecule has 152 valence electrons. The van der Waals surface area contributed by atoms with Gasteiger partial charge in [0.25, 0.3) is 5.56 Å². The normalized spacial score (nSPS) is 10.7. The van der Waals surface area contributed by atoms with E-state index in [0.717, 1.165) is 11.8 Å². The highest BCUT2D eigenvalue weighted by Gasteiger charge is 2.13. The van der Waals surface area contributed by atoms with Gasteiger partial charge >= 0.3 is 5.97 Å². The molecule has 29 heavy (non-hydrogen) atoms. The van der Waals surface area contributed by atoms with Gasteiger partial charge in [0.15, 0.2) is 10.8 Å². The van der Waals surface area contributed by atoms with Crippen molar-refractivity contribution in [3.63, 3.8) is 0 Å². The molecule has 0 fully saturated rings. The van der Waals surface area contributed by atoms with Crippen LogP contribution in [0, 0.1) is 0 Å². The van der Waals surface area contributed by atoms with Crippen molar-refractivity contribution < 1.29 is 19.1 Å². The first kappa shape index (κ1) is 20.4. The minimum atomic E-state index is -0.512. The lowest BCUT2D eigenvalue weighted by Crippen LogP contribution is -2.31. The van der Waals surface area contributed by atoms with Gasteiger partial charge in [0, 0.05) is 0 Å². The summed E-state index contributed by atoms with van der Waals surface area (Å²) < 4.78 is 11.4. The van der Waals surface area contributed by atoms with Crippen molar-refractivity contribution in [1.82, 2.24) is 25.1 Å². The zero-order chi connectivity index (χ0) is 20.8. The highest BCUT2D eigenvalue weighted by atomic mass is 32.2. The molecule has 2 aromatic heterocycles. The van der Waals surface area contributed by atoms with Crippen LogP contribution in [0.5, 0.6) is 5.75 Å². The molecule has 1 aromatic carbocycles. The number of ether oxygens (including phenoxy) is 2. The number of nitrogens with zero attached hydrogens (tertiary/aromatic N) is 3. The lowest BCUT2D eigenvalue weighted by Gasteiger charge is -2.06. The second-order valence-electron chi connectivity index (χ2n) is 5.73. The first-order chi connectivity index (χ1) is 14.0. The monoisotopic (exact) mass is 417 g/mol. The molecular weight excluding hydrogens is 398 g/mol. The van der Waals surface area contributed by atoms with E-state index in [1.165, 1.54) is 10.9 Å². The minimum Gasteiger partial charge on any atom is -0.497 e. The highest BCUT2D eigenvalue weighted by Crippen LogP contribution is 2.19. The summed E-state index contributed by atoms with van der Waals surface area (Å²) in [7, 11) is 1.58. The predicted molar refractivity (Wildman–Crippen MR) is 106 cm³/mol. The van der Waals surface area contributed by atoms with Gasteiger partial charge in [-0.3, -0.25) is 14.4 Å². The molecule has 0 saturated carbocycles. The van der Waals surface area contributed by atoms with Gasteiger partial charge in [0.2, 0.25) is 5.91 Å². The largest absolute Gasteiger partial charge is 0.497 e. The van der Waals surface area contributed by atoms with E-state index in [1.54, 1.807) is 38.3 Å². The Morgan fingerprint density at radius 1 is 1.28 bits per heavy atom. The van der Waals surface area contributed by atoms with Crippen LogP contribution in [0.1, 0.15) is 6.92 Å². The molecule has 10 nitrogen and oxygen atoms in total.